The maximum Gasteiger partial charge on any atom is 0.0701 e. The fraction of sp³-hybridized carbons (Fsp3) is 0.231. The topological polar surface area (TPSA) is 3.24 Å². The van der Waals surface area contributed by atoms with Crippen LogP contribution in [-0.2, 0) is 11.9 Å². The van der Waals surface area contributed by atoms with E-state index in [0.29, 0.717) is 0 Å². The van der Waals surface area contributed by atoms with Crippen LogP contribution in [-0.4, -0.2) is 7.05 Å². The number of thiophene rings is 1. The fourth-order valence-corrected chi connectivity index (χ4v) is 3.63. The standard InChI is InChI=1S/C13H12Br2ClNS/c1-17(7-10-5-13(15)18-8-10)12-3-2-9(6-14)4-11(12)16/h2-5,8H,6-7H2,1H3. The van der Waals surface area contributed by atoms with Crippen molar-refractivity contribution in [2.24, 2.45) is 0 Å². The van der Waals surface area contributed by atoms with Crippen molar-refractivity contribution in [3.05, 3.63) is 49.6 Å². The van der Waals surface area contributed by atoms with E-state index in [1.54, 1.807) is 11.3 Å². The van der Waals surface area contributed by atoms with Crippen molar-refractivity contribution < 1.29 is 0 Å². The molecule has 0 saturated carbocycles. The van der Waals surface area contributed by atoms with E-state index in [2.05, 4.69) is 67.4 Å². The smallest absolute Gasteiger partial charge is 0.0701 e. The van der Waals surface area contributed by atoms with Crippen LogP contribution in [0.15, 0.2) is 33.4 Å². The van der Waals surface area contributed by atoms with Gasteiger partial charge in [0.1, 0.15) is 0 Å². The zero-order valence-corrected chi connectivity index (χ0v) is 14.5. The van der Waals surface area contributed by atoms with Gasteiger partial charge in [-0.3, -0.25) is 0 Å². The normalized spacial score (nSPS) is 10.7. The lowest BCUT2D eigenvalue weighted by molar-refractivity contribution is 0.927. The Morgan fingerprint density at radius 1 is 1.28 bits per heavy atom. The summed E-state index contributed by atoms with van der Waals surface area (Å²) in [6.45, 7) is 0.857. The van der Waals surface area contributed by atoms with Gasteiger partial charge in [0.15, 0.2) is 0 Å². The Labute approximate surface area is 133 Å². The van der Waals surface area contributed by atoms with Crippen LogP contribution in [0.4, 0.5) is 5.69 Å². The third kappa shape index (κ3) is 3.50. The van der Waals surface area contributed by atoms with Crippen molar-refractivity contribution in [3.8, 4) is 0 Å². The van der Waals surface area contributed by atoms with Gasteiger partial charge in [-0.25, -0.2) is 0 Å². The second kappa shape index (κ2) is 6.42. The van der Waals surface area contributed by atoms with Crippen LogP contribution in [0.1, 0.15) is 11.1 Å². The van der Waals surface area contributed by atoms with E-state index in [0.717, 1.165) is 26.4 Å². The molecule has 96 valence electrons. The summed E-state index contributed by atoms with van der Waals surface area (Å²) in [7, 11) is 2.06. The van der Waals surface area contributed by atoms with Crippen molar-refractivity contribution in [1.29, 1.82) is 0 Å². The molecule has 2 rings (SSSR count). The van der Waals surface area contributed by atoms with Gasteiger partial charge in [-0.15, -0.1) is 11.3 Å². The van der Waals surface area contributed by atoms with Crippen LogP contribution in [0, 0.1) is 0 Å². The zero-order chi connectivity index (χ0) is 13.1. The summed E-state index contributed by atoms with van der Waals surface area (Å²) in [4.78, 5) is 2.16. The van der Waals surface area contributed by atoms with Gasteiger partial charge in [-0.2, -0.15) is 0 Å². The first-order valence-electron chi connectivity index (χ1n) is 5.38. The second-order valence-electron chi connectivity index (χ2n) is 4.03. The van der Waals surface area contributed by atoms with Crippen LogP contribution >= 0.6 is 54.8 Å². The van der Waals surface area contributed by atoms with Gasteiger partial charge in [0.25, 0.3) is 0 Å². The van der Waals surface area contributed by atoms with E-state index >= 15 is 0 Å². The largest absolute Gasteiger partial charge is 0.369 e. The lowest BCUT2D eigenvalue weighted by Crippen LogP contribution is -2.16. The third-order valence-electron chi connectivity index (χ3n) is 2.62. The lowest BCUT2D eigenvalue weighted by Gasteiger charge is -2.20. The molecule has 18 heavy (non-hydrogen) atoms. The predicted molar refractivity (Wildman–Crippen MR) is 88.2 cm³/mol. The summed E-state index contributed by atoms with van der Waals surface area (Å²) in [6.07, 6.45) is 0. The summed E-state index contributed by atoms with van der Waals surface area (Å²) in [5.41, 5.74) is 3.54. The summed E-state index contributed by atoms with van der Waals surface area (Å²) in [5, 5.41) is 3.78. The second-order valence-corrected chi connectivity index (χ2v) is 7.29. The number of alkyl halides is 1. The van der Waals surface area contributed by atoms with Gasteiger partial charge in [0.05, 0.1) is 14.5 Å². The zero-order valence-electron chi connectivity index (χ0n) is 9.79. The lowest BCUT2D eigenvalue weighted by atomic mass is 10.2. The van der Waals surface area contributed by atoms with Crippen LogP contribution in [0.3, 0.4) is 0 Å². The molecule has 1 aromatic carbocycles. The van der Waals surface area contributed by atoms with Crippen molar-refractivity contribution in [1.82, 2.24) is 0 Å². The Morgan fingerprint density at radius 2 is 2.06 bits per heavy atom. The Balaban J connectivity index is 2.15. The number of halogens is 3. The molecule has 0 aliphatic heterocycles. The molecule has 0 bridgehead atoms. The van der Waals surface area contributed by atoms with Crippen molar-refractivity contribution in [2.75, 3.05) is 11.9 Å². The molecule has 0 fully saturated rings. The quantitative estimate of drug-likeness (QED) is 0.586. The molecule has 0 atom stereocenters. The Kier molecular flexibility index (Phi) is 5.13. The number of hydrogen-bond donors (Lipinski definition) is 0. The molecule has 1 nitrogen and oxygen atoms in total. The van der Waals surface area contributed by atoms with Crippen LogP contribution < -0.4 is 4.90 Å². The molecule has 1 heterocycles. The minimum Gasteiger partial charge on any atom is -0.369 e. The summed E-state index contributed by atoms with van der Waals surface area (Å²) in [5.74, 6) is 0. The number of hydrogen-bond acceptors (Lipinski definition) is 2. The van der Waals surface area contributed by atoms with Gasteiger partial charge in [-0.05, 0) is 50.6 Å². The average Bonchev–Trinajstić information content (AvgIpc) is 2.74. The monoisotopic (exact) mass is 407 g/mol. The summed E-state index contributed by atoms with van der Waals surface area (Å²) >= 11 is 14.9. The average molecular weight is 410 g/mol. The molecule has 2 aromatic rings. The van der Waals surface area contributed by atoms with E-state index in [1.165, 1.54) is 11.1 Å². The highest BCUT2D eigenvalue weighted by Crippen LogP contribution is 2.29. The predicted octanol–water partition coefficient (Wildman–Crippen LogP) is 5.70. The van der Waals surface area contributed by atoms with Gasteiger partial charge >= 0.3 is 0 Å². The maximum atomic E-state index is 6.31. The Hall–Kier alpha value is -0.0300. The van der Waals surface area contributed by atoms with Gasteiger partial charge in [0, 0.05) is 18.9 Å². The van der Waals surface area contributed by atoms with Crippen molar-refractivity contribution in [3.63, 3.8) is 0 Å². The van der Waals surface area contributed by atoms with Gasteiger partial charge < -0.3 is 4.90 Å². The maximum absolute atomic E-state index is 6.31. The Bertz CT molecular complexity index is 542. The van der Waals surface area contributed by atoms with Crippen molar-refractivity contribution >= 4 is 60.5 Å². The first-order chi connectivity index (χ1) is 8.60. The van der Waals surface area contributed by atoms with Crippen LogP contribution in [0.25, 0.3) is 0 Å². The third-order valence-corrected chi connectivity index (χ3v) is 5.12. The number of rotatable bonds is 4. The minimum atomic E-state index is 0.795. The molecule has 0 aliphatic rings. The highest BCUT2D eigenvalue weighted by atomic mass is 79.9. The van der Waals surface area contributed by atoms with Crippen LogP contribution in [0.2, 0.25) is 5.02 Å². The fourth-order valence-electron chi connectivity index (χ4n) is 1.73. The molecule has 0 aliphatic carbocycles. The summed E-state index contributed by atoms with van der Waals surface area (Å²) in [6, 6.07) is 8.31. The molecule has 0 unspecified atom stereocenters. The molecule has 5 heteroatoms. The van der Waals surface area contributed by atoms with E-state index < -0.39 is 0 Å². The molecule has 0 radical (unpaired) electrons. The number of anilines is 1. The molecular weight excluding hydrogens is 397 g/mol. The molecule has 0 saturated heterocycles. The first kappa shape index (κ1) is 14.4. The van der Waals surface area contributed by atoms with E-state index in [4.69, 9.17) is 11.6 Å². The minimum absolute atomic E-state index is 0.795. The molecule has 1 aromatic heterocycles. The van der Waals surface area contributed by atoms with Crippen LogP contribution in [0.5, 0.6) is 0 Å². The molecule has 0 spiro atoms. The first-order valence-corrected chi connectivity index (χ1v) is 8.56. The number of benzene rings is 1. The SMILES string of the molecule is CN(Cc1csc(Br)c1)c1ccc(CBr)cc1Cl. The molecular formula is C13H12Br2ClNS. The van der Waals surface area contributed by atoms with Gasteiger partial charge in [0.2, 0.25) is 0 Å². The van der Waals surface area contributed by atoms with Gasteiger partial charge in [-0.1, -0.05) is 33.6 Å². The Morgan fingerprint density at radius 3 is 2.61 bits per heavy atom. The van der Waals surface area contributed by atoms with E-state index in [9.17, 15) is 0 Å². The molecule has 0 amide bonds. The highest BCUT2D eigenvalue weighted by Gasteiger charge is 2.08. The van der Waals surface area contributed by atoms with Crippen molar-refractivity contribution in [2.45, 2.75) is 11.9 Å². The molecule has 0 N–H and O–H groups in total. The van der Waals surface area contributed by atoms with E-state index in [1.807, 2.05) is 6.07 Å². The van der Waals surface area contributed by atoms with E-state index in [-0.39, 0.29) is 0 Å². The summed E-state index contributed by atoms with van der Waals surface area (Å²) < 4.78 is 1.16. The highest BCUT2D eigenvalue weighted by molar-refractivity contribution is 9.11. The number of nitrogens with zero attached hydrogens (tertiary/aromatic N) is 1.